The Bertz CT molecular complexity index is 484. The van der Waals surface area contributed by atoms with Crippen molar-refractivity contribution in [2.75, 3.05) is 11.5 Å². The maximum Gasteiger partial charge on any atom is 0.150 e. The van der Waals surface area contributed by atoms with Crippen LogP contribution in [0.5, 0.6) is 0 Å². The van der Waals surface area contributed by atoms with E-state index in [9.17, 15) is 8.42 Å². The van der Waals surface area contributed by atoms with Gasteiger partial charge in [0.25, 0.3) is 0 Å². The molecule has 2 unspecified atom stereocenters. The summed E-state index contributed by atoms with van der Waals surface area (Å²) in [5, 5.41) is 0. The third-order valence-corrected chi connectivity index (χ3v) is 6.02. The Morgan fingerprint density at radius 3 is 2.82 bits per heavy atom. The molecule has 5 heteroatoms. The molecule has 3 nitrogen and oxygen atoms in total. The molecule has 0 radical (unpaired) electrons. The van der Waals surface area contributed by atoms with Crippen LogP contribution in [0.25, 0.3) is 0 Å². The number of aromatic nitrogens is 1. The van der Waals surface area contributed by atoms with Crippen LogP contribution < -0.4 is 0 Å². The lowest BCUT2D eigenvalue weighted by atomic mass is 10.0. The van der Waals surface area contributed by atoms with Crippen molar-refractivity contribution in [3.05, 3.63) is 29.6 Å². The lowest BCUT2D eigenvalue weighted by Gasteiger charge is -2.15. The summed E-state index contributed by atoms with van der Waals surface area (Å²) in [6.45, 7) is 2.01. The van der Waals surface area contributed by atoms with Gasteiger partial charge in [-0.2, -0.15) is 0 Å². The number of aryl methyl sites for hydroxylation is 1. The van der Waals surface area contributed by atoms with Gasteiger partial charge < -0.3 is 0 Å². The van der Waals surface area contributed by atoms with Crippen molar-refractivity contribution >= 4 is 25.8 Å². The van der Waals surface area contributed by atoms with E-state index in [1.54, 1.807) is 0 Å². The van der Waals surface area contributed by atoms with Crippen LogP contribution in [-0.2, 0) is 16.3 Å². The SMILES string of the molecule is Cc1ccc(CC(Br)C2CCS(=O)(=O)C2)nc1. The van der Waals surface area contributed by atoms with E-state index in [-0.39, 0.29) is 10.7 Å². The van der Waals surface area contributed by atoms with Gasteiger partial charge in [-0.15, -0.1) is 0 Å². The van der Waals surface area contributed by atoms with Crippen LogP contribution in [0.4, 0.5) is 0 Å². The Kier molecular flexibility index (Phi) is 3.88. The molecule has 1 aliphatic heterocycles. The van der Waals surface area contributed by atoms with Gasteiger partial charge >= 0.3 is 0 Å². The zero-order chi connectivity index (χ0) is 12.5. The third kappa shape index (κ3) is 3.52. The Hall–Kier alpha value is -0.420. The van der Waals surface area contributed by atoms with Crippen LogP contribution in [-0.4, -0.2) is 29.7 Å². The Morgan fingerprint density at radius 2 is 2.29 bits per heavy atom. The van der Waals surface area contributed by atoms with Gasteiger partial charge in [0.05, 0.1) is 11.5 Å². The molecule has 0 saturated carbocycles. The first kappa shape index (κ1) is 13.0. The van der Waals surface area contributed by atoms with Gasteiger partial charge in [-0.3, -0.25) is 4.98 Å². The number of alkyl halides is 1. The van der Waals surface area contributed by atoms with Crippen molar-refractivity contribution in [1.82, 2.24) is 4.98 Å². The largest absolute Gasteiger partial charge is 0.261 e. The number of nitrogens with zero attached hydrogens (tertiary/aromatic N) is 1. The van der Waals surface area contributed by atoms with Gasteiger partial charge in [0.2, 0.25) is 0 Å². The molecular formula is C12H16BrNO2S. The average Bonchev–Trinajstić information content (AvgIpc) is 2.62. The normalized spacial score (nSPS) is 24.7. The smallest absolute Gasteiger partial charge is 0.150 e. The first-order chi connectivity index (χ1) is 7.96. The highest BCUT2D eigenvalue weighted by Crippen LogP contribution is 2.28. The zero-order valence-corrected chi connectivity index (χ0v) is 12.2. The average molecular weight is 318 g/mol. The van der Waals surface area contributed by atoms with E-state index in [2.05, 4.69) is 20.9 Å². The van der Waals surface area contributed by atoms with E-state index < -0.39 is 9.84 Å². The van der Waals surface area contributed by atoms with Crippen LogP contribution >= 0.6 is 15.9 Å². The van der Waals surface area contributed by atoms with Gasteiger partial charge in [-0.25, -0.2) is 8.42 Å². The van der Waals surface area contributed by atoms with Gasteiger partial charge in [-0.05, 0) is 30.9 Å². The topological polar surface area (TPSA) is 47.0 Å². The molecule has 0 aliphatic carbocycles. The van der Waals surface area contributed by atoms with Gasteiger partial charge in [0, 0.05) is 23.1 Å². The van der Waals surface area contributed by atoms with Crippen LogP contribution in [0.1, 0.15) is 17.7 Å². The molecule has 1 saturated heterocycles. The minimum Gasteiger partial charge on any atom is -0.261 e. The highest BCUT2D eigenvalue weighted by atomic mass is 79.9. The number of pyridine rings is 1. The van der Waals surface area contributed by atoms with E-state index in [0.29, 0.717) is 11.5 Å². The fourth-order valence-corrected chi connectivity index (χ4v) is 5.00. The molecule has 17 heavy (non-hydrogen) atoms. The maximum atomic E-state index is 11.4. The lowest BCUT2D eigenvalue weighted by molar-refractivity contribution is 0.560. The van der Waals surface area contributed by atoms with Crippen molar-refractivity contribution in [2.24, 2.45) is 5.92 Å². The van der Waals surface area contributed by atoms with Crippen molar-refractivity contribution in [2.45, 2.75) is 24.6 Å². The molecule has 1 aromatic rings. The Morgan fingerprint density at radius 1 is 1.53 bits per heavy atom. The summed E-state index contributed by atoms with van der Waals surface area (Å²) < 4.78 is 22.8. The molecule has 0 N–H and O–H groups in total. The lowest BCUT2D eigenvalue weighted by Crippen LogP contribution is -2.18. The Labute approximate surface area is 111 Å². The summed E-state index contributed by atoms with van der Waals surface area (Å²) >= 11 is 3.61. The summed E-state index contributed by atoms with van der Waals surface area (Å²) in [5.74, 6) is 0.874. The second kappa shape index (κ2) is 5.06. The summed E-state index contributed by atoms with van der Waals surface area (Å²) in [5.41, 5.74) is 2.16. The number of halogens is 1. The molecule has 1 aromatic heterocycles. The Balaban J connectivity index is 1.98. The van der Waals surface area contributed by atoms with E-state index >= 15 is 0 Å². The first-order valence-electron chi connectivity index (χ1n) is 5.72. The minimum atomic E-state index is -2.79. The first-order valence-corrected chi connectivity index (χ1v) is 8.46. The van der Waals surface area contributed by atoms with Crippen LogP contribution in [0.2, 0.25) is 0 Å². The molecule has 1 fully saturated rings. The number of rotatable bonds is 3. The second-order valence-electron chi connectivity index (χ2n) is 4.71. The molecule has 2 heterocycles. The molecule has 1 aliphatic rings. The highest BCUT2D eigenvalue weighted by Gasteiger charge is 2.32. The van der Waals surface area contributed by atoms with Crippen molar-refractivity contribution in [3.8, 4) is 0 Å². The van der Waals surface area contributed by atoms with E-state index in [4.69, 9.17) is 0 Å². The maximum absolute atomic E-state index is 11.4. The monoisotopic (exact) mass is 317 g/mol. The van der Waals surface area contributed by atoms with E-state index in [1.165, 1.54) is 0 Å². The number of hydrogen-bond acceptors (Lipinski definition) is 3. The van der Waals surface area contributed by atoms with Crippen molar-refractivity contribution in [1.29, 1.82) is 0 Å². The molecule has 2 rings (SSSR count). The predicted octanol–water partition coefficient (Wildman–Crippen LogP) is 2.13. The molecule has 94 valence electrons. The molecule has 0 amide bonds. The molecular weight excluding hydrogens is 302 g/mol. The molecule has 0 aromatic carbocycles. The van der Waals surface area contributed by atoms with Crippen LogP contribution in [0.15, 0.2) is 18.3 Å². The summed E-state index contributed by atoms with van der Waals surface area (Å²) in [7, 11) is -2.79. The molecule has 0 bridgehead atoms. The standard InChI is InChI=1S/C12H16BrNO2S/c1-9-2-3-11(14-7-9)6-12(13)10-4-5-17(15,16)8-10/h2-3,7,10,12H,4-6,8H2,1H3. The highest BCUT2D eigenvalue weighted by molar-refractivity contribution is 9.09. The molecule has 0 spiro atoms. The van der Waals surface area contributed by atoms with Gasteiger partial charge in [-0.1, -0.05) is 22.0 Å². The quantitative estimate of drug-likeness (QED) is 0.802. The van der Waals surface area contributed by atoms with Crippen LogP contribution in [0.3, 0.4) is 0 Å². The third-order valence-electron chi connectivity index (χ3n) is 3.16. The van der Waals surface area contributed by atoms with Gasteiger partial charge in [0.1, 0.15) is 0 Å². The fourth-order valence-electron chi connectivity index (χ4n) is 2.09. The van der Waals surface area contributed by atoms with Gasteiger partial charge in [0.15, 0.2) is 9.84 Å². The fraction of sp³-hybridized carbons (Fsp3) is 0.583. The second-order valence-corrected chi connectivity index (χ2v) is 8.11. The predicted molar refractivity (Wildman–Crippen MR) is 72.2 cm³/mol. The minimum absolute atomic E-state index is 0.204. The summed E-state index contributed by atoms with van der Waals surface area (Å²) in [4.78, 5) is 4.55. The zero-order valence-electron chi connectivity index (χ0n) is 9.77. The van der Waals surface area contributed by atoms with Crippen molar-refractivity contribution in [3.63, 3.8) is 0 Å². The van der Waals surface area contributed by atoms with Crippen LogP contribution in [0, 0.1) is 12.8 Å². The van der Waals surface area contributed by atoms with E-state index in [1.807, 2.05) is 25.3 Å². The van der Waals surface area contributed by atoms with Crippen molar-refractivity contribution < 1.29 is 8.42 Å². The summed E-state index contributed by atoms with van der Waals surface area (Å²) in [6, 6.07) is 4.04. The van der Waals surface area contributed by atoms with E-state index in [0.717, 1.165) is 24.1 Å². The number of hydrogen-bond donors (Lipinski definition) is 0. The summed E-state index contributed by atoms with van der Waals surface area (Å²) in [6.07, 6.45) is 3.41. The molecule has 2 atom stereocenters. The number of sulfone groups is 1.